The van der Waals surface area contributed by atoms with Crippen molar-refractivity contribution in [2.45, 2.75) is 32.9 Å². The van der Waals surface area contributed by atoms with Gasteiger partial charge in [0.15, 0.2) is 0 Å². The van der Waals surface area contributed by atoms with E-state index in [2.05, 4.69) is 55.3 Å². The topological polar surface area (TPSA) is 24.9 Å². The van der Waals surface area contributed by atoms with Crippen molar-refractivity contribution in [2.24, 2.45) is 0 Å². The Labute approximate surface area is 107 Å². The Bertz CT molecular complexity index is 465. The summed E-state index contributed by atoms with van der Waals surface area (Å²) in [6.45, 7) is 6.52. The van der Waals surface area contributed by atoms with E-state index < -0.39 is 0 Å². The normalized spacial score (nSPS) is 14.5. The van der Waals surface area contributed by atoms with E-state index in [1.165, 1.54) is 11.1 Å². The monoisotopic (exact) mass is 246 g/mol. The van der Waals surface area contributed by atoms with E-state index in [-0.39, 0.29) is 0 Å². The van der Waals surface area contributed by atoms with Gasteiger partial charge in [-0.3, -0.25) is 0 Å². The molecule has 1 aromatic carbocycles. The largest absolute Gasteiger partial charge is 0.302 e. The predicted molar refractivity (Wildman–Crippen MR) is 73.3 cm³/mol. The number of nitrogens with one attached hydrogen (secondary N) is 1. The smallest absolute Gasteiger partial charge is 0.109 e. The fraction of sp³-hybridized carbons (Fsp3) is 0.357. The predicted octanol–water partition coefficient (Wildman–Crippen LogP) is 3.86. The van der Waals surface area contributed by atoms with E-state index in [4.69, 9.17) is 0 Å². The number of benzene rings is 1. The van der Waals surface area contributed by atoms with Crippen molar-refractivity contribution in [2.75, 3.05) is 0 Å². The molecule has 2 nitrogen and oxygen atoms in total. The van der Waals surface area contributed by atoms with Crippen LogP contribution in [0.25, 0.3) is 0 Å². The quantitative estimate of drug-likeness (QED) is 0.886. The second-order valence-electron chi connectivity index (χ2n) is 4.34. The number of thiazole rings is 1. The van der Waals surface area contributed by atoms with Gasteiger partial charge in [-0.1, -0.05) is 24.3 Å². The lowest BCUT2D eigenvalue weighted by molar-refractivity contribution is 0.491. The molecular formula is C14H18N2S. The summed E-state index contributed by atoms with van der Waals surface area (Å²) in [6.07, 6.45) is 1.86. The van der Waals surface area contributed by atoms with E-state index >= 15 is 0 Å². The van der Waals surface area contributed by atoms with Gasteiger partial charge in [-0.25, -0.2) is 4.98 Å². The zero-order valence-electron chi connectivity index (χ0n) is 10.5. The number of nitrogens with zero attached hydrogens (tertiary/aromatic N) is 1. The molecule has 90 valence electrons. The summed E-state index contributed by atoms with van der Waals surface area (Å²) in [7, 11) is 0. The van der Waals surface area contributed by atoms with Crippen molar-refractivity contribution in [1.82, 2.24) is 10.3 Å². The zero-order valence-corrected chi connectivity index (χ0v) is 11.3. The molecule has 1 unspecified atom stereocenters. The third-order valence-electron chi connectivity index (χ3n) is 2.98. The van der Waals surface area contributed by atoms with Crippen LogP contribution in [-0.2, 0) is 0 Å². The average molecular weight is 246 g/mol. The fourth-order valence-electron chi connectivity index (χ4n) is 2.06. The number of aromatic nitrogens is 1. The Kier molecular flexibility index (Phi) is 3.92. The van der Waals surface area contributed by atoms with Crippen LogP contribution in [0.5, 0.6) is 0 Å². The SMILES string of the molecule is Cc1ccccc1[C@H](C)NC(C)c1nccs1. The van der Waals surface area contributed by atoms with Gasteiger partial charge in [-0.2, -0.15) is 0 Å². The van der Waals surface area contributed by atoms with Gasteiger partial charge in [0, 0.05) is 17.6 Å². The molecule has 0 spiro atoms. The van der Waals surface area contributed by atoms with Gasteiger partial charge in [0.2, 0.25) is 0 Å². The van der Waals surface area contributed by atoms with Crippen LogP contribution in [0.15, 0.2) is 35.8 Å². The van der Waals surface area contributed by atoms with Crippen LogP contribution < -0.4 is 5.32 Å². The summed E-state index contributed by atoms with van der Waals surface area (Å²) in [5.41, 5.74) is 2.69. The van der Waals surface area contributed by atoms with Crippen LogP contribution >= 0.6 is 11.3 Å². The highest BCUT2D eigenvalue weighted by Crippen LogP contribution is 2.22. The van der Waals surface area contributed by atoms with Crippen LogP contribution in [0.2, 0.25) is 0 Å². The third-order valence-corrected chi connectivity index (χ3v) is 3.94. The maximum absolute atomic E-state index is 4.34. The molecule has 0 bridgehead atoms. The van der Waals surface area contributed by atoms with E-state index in [0.29, 0.717) is 12.1 Å². The van der Waals surface area contributed by atoms with E-state index in [1.54, 1.807) is 11.3 Å². The summed E-state index contributed by atoms with van der Waals surface area (Å²) < 4.78 is 0. The van der Waals surface area contributed by atoms with Crippen molar-refractivity contribution in [3.8, 4) is 0 Å². The molecule has 0 aliphatic heterocycles. The molecular weight excluding hydrogens is 228 g/mol. The Hall–Kier alpha value is -1.19. The van der Waals surface area contributed by atoms with Crippen LogP contribution in [0, 0.1) is 6.92 Å². The lowest BCUT2D eigenvalue weighted by Crippen LogP contribution is -2.22. The lowest BCUT2D eigenvalue weighted by atomic mass is 10.0. The zero-order chi connectivity index (χ0) is 12.3. The maximum atomic E-state index is 4.34. The summed E-state index contributed by atoms with van der Waals surface area (Å²) in [4.78, 5) is 4.34. The van der Waals surface area contributed by atoms with Crippen LogP contribution in [0.1, 0.15) is 42.1 Å². The number of rotatable bonds is 4. The fourth-order valence-corrected chi connectivity index (χ4v) is 2.71. The van der Waals surface area contributed by atoms with Crippen molar-refractivity contribution >= 4 is 11.3 Å². The summed E-state index contributed by atoms with van der Waals surface area (Å²) in [5, 5.41) is 6.75. The standard InChI is InChI=1S/C14H18N2S/c1-10-6-4-5-7-13(10)11(2)16-12(3)14-15-8-9-17-14/h4-9,11-12,16H,1-3H3/t11-,12?/m0/s1. The van der Waals surface area contributed by atoms with Gasteiger partial charge in [-0.05, 0) is 31.9 Å². The Balaban J connectivity index is 2.07. The molecule has 0 saturated heterocycles. The molecule has 17 heavy (non-hydrogen) atoms. The van der Waals surface area contributed by atoms with Gasteiger partial charge in [0.25, 0.3) is 0 Å². The first kappa shape index (κ1) is 12.3. The molecule has 2 rings (SSSR count). The second-order valence-corrected chi connectivity index (χ2v) is 5.26. The molecule has 0 amide bonds. The third kappa shape index (κ3) is 2.93. The molecule has 1 N–H and O–H groups in total. The molecule has 1 aromatic heterocycles. The van der Waals surface area contributed by atoms with Gasteiger partial charge >= 0.3 is 0 Å². The maximum Gasteiger partial charge on any atom is 0.109 e. The van der Waals surface area contributed by atoms with Crippen molar-refractivity contribution in [3.63, 3.8) is 0 Å². The van der Waals surface area contributed by atoms with E-state index in [1.807, 2.05) is 11.6 Å². The number of aryl methyl sites for hydroxylation is 1. The van der Waals surface area contributed by atoms with Gasteiger partial charge in [-0.15, -0.1) is 11.3 Å². The van der Waals surface area contributed by atoms with Crippen LogP contribution in [0.4, 0.5) is 0 Å². The molecule has 0 fully saturated rings. The Morgan fingerprint density at radius 3 is 2.59 bits per heavy atom. The minimum Gasteiger partial charge on any atom is -0.302 e. The van der Waals surface area contributed by atoms with E-state index in [9.17, 15) is 0 Å². The summed E-state index contributed by atoms with van der Waals surface area (Å²) >= 11 is 1.70. The first-order valence-electron chi connectivity index (χ1n) is 5.89. The Morgan fingerprint density at radius 2 is 1.94 bits per heavy atom. The number of hydrogen-bond acceptors (Lipinski definition) is 3. The first-order valence-corrected chi connectivity index (χ1v) is 6.77. The molecule has 0 aliphatic carbocycles. The highest BCUT2D eigenvalue weighted by atomic mass is 32.1. The van der Waals surface area contributed by atoms with Crippen molar-refractivity contribution in [3.05, 3.63) is 52.0 Å². The van der Waals surface area contributed by atoms with Gasteiger partial charge in [0.05, 0.1) is 6.04 Å². The highest BCUT2D eigenvalue weighted by Gasteiger charge is 2.13. The molecule has 0 aliphatic rings. The lowest BCUT2D eigenvalue weighted by Gasteiger charge is -2.20. The van der Waals surface area contributed by atoms with Crippen LogP contribution in [-0.4, -0.2) is 4.98 Å². The minimum atomic E-state index is 0.296. The molecule has 3 heteroatoms. The second kappa shape index (κ2) is 5.43. The first-order chi connectivity index (χ1) is 8.18. The molecule has 0 radical (unpaired) electrons. The highest BCUT2D eigenvalue weighted by molar-refractivity contribution is 7.09. The average Bonchev–Trinajstić information content (AvgIpc) is 2.82. The molecule has 2 aromatic rings. The van der Waals surface area contributed by atoms with Crippen molar-refractivity contribution in [1.29, 1.82) is 0 Å². The van der Waals surface area contributed by atoms with Crippen LogP contribution in [0.3, 0.4) is 0 Å². The molecule has 2 atom stereocenters. The molecule has 1 heterocycles. The van der Waals surface area contributed by atoms with Gasteiger partial charge < -0.3 is 5.32 Å². The summed E-state index contributed by atoms with van der Waals surface area (Å²) in [6, 6.07) is 9.15. The summed E-state index contributed by atoms with van der Waals surface area (Å²) in [5.74, 6) is 0. The van der Waals surface area contributed by atoms with Gasteiger partial charge in [0.1, 0.15) is 5.01 Å². The Morgan fingerprint density at radius 1 is 1.18 bits per heavy atom. The number of hydrogen-bond donors (Lipinski definition) is 1. The van der Waals surface area contributed by atoms with Crippen molar-refractivity contribution < 1.29 is 0 Å². The minimum absolute atomic E-state index is 0.296. The molecule has 0 saturated carbocycles. The van der Waals surface area contributed by atoms with E-state index in [0.717, 1.165) is 5.01 Å².